The van der Waals surface area contributed by atoms with Crippen molar-refractivity contribution in [2.45, 2.75) is 43.8 Å². The summed E-state index contributed by atoms with van der Waals surface area (Å²) < 4.78 is 1.78. The highest BCUT2D eigenvalue weighted by Crippen LogP contribution is 2.40. The molecule has 2 aliphatic heterocycles. The van der Waals surface area contributed by atoms with Crippen LogP contribution in [0.3, 0.4) is 0 Å². The van der Waals surface area contributed by atoms with Crippen molar-refractivity contribution in [1.29, 1.82) is 0 Å². The first-order valence-electron chi connectivity index (χ1n) is 10.2. The average Bonchev–Trinajstić information content (AvgIpc) is 3.36. The number of halogens is 1. The predicted octanol–water partition coefficient (Wildman–Crippen LogP) is 2.91. The number of piperidine rings is 1. The van der Waals surface area contributed by atoms with Crippen LogP contribution in [0.2, 0.25) is 5.02 Å². The number of H-pyrrole nitrogens is 1. The van der Waals surface area contributed by atoms with Gasteiger partial charge in [0.15, 0.2) is 5.65 Å². The molecule has 4 aromatic rings. The first kappa shape index (κ1) is 17.2. The summed E-state index contributed by atoms with van der Waals surface area (Å²) in [6.45, 7) is 0. The largest absolute Gasteiger partial charge is 0.355 e. The third-order valence-electron chi connectivity index (χ3n) is 6.49. The van der Waals surface area contributed by atoms with Gasteiger partial charge in [-0.25, -0.2) is 9.97 Å². The average molecular weight is 409 g/mol. The number of aryl methyl sites for hydroxylation is 1. The van der Waals surface area contributed by atoms with E-state index in [1.54, 1.807) is 4.68 Å². The van der Waals surface area contributed by atoms with Crippen LogP contribution < -0.4 is 10.6 Å². The maximum Gasteiger partial charge on any atom is 0.159 e. The van der Waals surface area contributed by atoms with Gasteiger partial charge in [-0.15, -0.1) is 0 Å². The number of nitrogens with zero attached hydrogens (tertiary/aromatic N) is 5. The van der Waals surface area contributed by atoms with Crippen LogP contribution in [0.4, 0.5) is 5.82 Å². The molecular weight excluding hydrogens is 386 g/mol. The van der Waals surface area contributed by atoms with Gasteiger partial charge >= 0.3 is 0 Å². The quantitative estimate of drug-likeness (QED) is 0.533. The summed E-state index contributed by atoms with van der Waals surface area (Å²) in [5, 5.41) is 6.07. The molecule has 2 fully saturated rings. The monoisotopic (exact) mass is 408 g/mol. The first-order chi connectivity index (χ1) is 14.1. The minimum absolute atomic E-state index is 0.542. The molecule has 8 heteroatoms. The molecule has 0 aliphatic carbocycles. The molecule has 0 spiro atoms. The van der Waals surface area contributed by atoms with Gasteiger partial charge in [0, 0.05) is 60.9 Å². The summed E-state index contributed by atoms with van der Waals surface area (Å²) in [6.07, 6.45) is 10.6. The van der Waals surface area contributed by atoms with Crippen molar-refractivity contribution in [3.8, 4) is 11.1 Å². The number of quaternary nitrogens is 1. The minimum atomic E-state index is 0.542. The lowest BCUT2D eigenvalue weighted by atomic mass is 9.98. The van der Waals surface area contributed by atoms with Crippen LogP contribution in [0.15, 0.2) is 30.7 Å². The third kappa shape index (κ3) is 2.57. The van der Waals surface area contributed by atoms with Crippen LogP contribution >= 0.6 is 11.6 Å². The lowest BCUT2D eigenvalue weighted by molar-refractivity contribution is -0.425. The Bertz CT molecular complexity index is 1230. The summed E-state index contributed by atoms with van der Waals surface area (Å²) in [6, 6.07) is 5.65. The molecule has 7 nitrogen and oxygen atoms in total. The molecule has 5 heterocycles. The van der Waals surface area contributed by atoms with E-state index in [9.17, 15) is 0 Å². The molecule has 29 heavy (non-hydrogen) atoms. The lowest BCUT2D eigenvalue weighted by Gasteiger charge is -2.36. The van der Waals surface area contributed by atoms with E-state index in [2.05, 4.69) is 20.7 Å². The number of hydrogen-bond acceptors (Lipinski definition) is 4. The number of fused-ring (bicyclic) bond motifs is 4. The standard InChI is InChI=1S/C21H22ClN7/c1-28-10-16-17(27-28)5-4-14(19(16)22)15-8-25-21-20(15)24-9-18(26-21)29-12-2-3-13(29)7-11(23)6-12/h4-5,8-13H,2-3,6-7,23H2,1H3,(H,25,26)/p+1/t11?,12-,13+. The van der Waals surface area contributed by atoms with E-state index in [0.29, 0.717) is 23.1 Å². The summed E-state index contributed by atoms with van der Waals surface area (Å²) >= 11 is 6.73. The zero-order valence-electron chi connectivity index (χ0n) is 16.3. The van der Waals surface area contributed by atoms with Gasteiger partial charge in [-0.05, 0) is 18.9 Å². The maximum atomic E-state index is 6.73. The van der Waals surface area contributed by atoms with Gasteiger partial charge in [-0.1, -0.05) is 17.7 Å². The smallest absolute Gasteiger partial charge is 0.159 e. The Kier molecular flexibility index (Phi) is 3.67. The molecule has 3 atom stereocenters. The molecule has 4 N–H and O–H groups in total. The molecule has 148 valence electrons. The number of benzene rings is 1. The van der Waals surface area contributed by atoms with Gasteiger partial charge in [-0.3, -0.25) is 4.68 Å². The van der Waals surface area contributed by atoms with Gasteiger partial charge in [0.2, 0.25) is 0 Å². The fourth-order valence-corrected chi connectivity index (χ4v) is 5.58. The zero-order valence-corrected chi connectivity index (χ0v) is 17.0. The number of rotatable bonds is 2. The molecule has 1 aromatic carbocycles. The van der Waals surface area contributed by atoms with E-state index in [1.807, 2.05) is 37.8 Å². The number of nitrogens with one attached hydrogen (secondary N) is 1. The Morgan fingerprint density at radius 3 is 2.76 bits per heavy atom. The summed E-state index contributed by atoms with van der Waals surface area (Å²) in [4.78, 5) is 15.5. The molecule has 3 aromatic heterocycles. The summed E-state index contributed by atoms with van der Waals surface area (Å²) in [7, 11) is 1.90. The van der Waals surface area contributed by atoms with E-state index < -0.39 is 0 Å². The molecular formula is C21H23ClN7+. The lowest BCUT2D eigenvalue weighted by Crippen LogP contribution is -2.66. The molecule has 0 radical (unpaired) electrons. The van der Waals surface area contributed by atoms with E-state index >= 15 is 0 Å². The Balaban J connectivity index is 1.42. The maximum absolute atomic E-state index is 6.73. The van der Waals surface area contributed by atoms with E-state index in [1.165, 1.54) is 12.8 Å². The minimum Gasteiger partial charge on any atom is -0.355 e. The number of aromatic nitrogens is 5. The van der Waals surface area contributed by atoms with Crippen molar-refractivity contribution in [2.75, 3.05) is 4.90 Å². The summed E-state index contributed by atoms with van der Waals surface area (Å²) in [5.74, 6) is 0.971. The van der Waals surface area contributed by atoms with Crippen molar-refractivity contribution in [1.82, 2.24) is 24.7 Å². The zero-order chi connectivity index (χ0) is 19.7. The molecule has 2 bridgehead atoms. The summed E-state index contributed by atoms with van der Waals surface area (Å²) in [5.41, 5.74) is 8.74. The van der Waals surface area contributed by atoms with Crippen molar-refractivity contribution >= 4 is 39.5 Å². The van der Waals surface area contributed by atoms with Gasteiger partial charge in [0.05, 0.1) is 22.8 Å². The van der Waals surface area contributed by atoms with Crippen LogP contribution in [-0.2, 0) is 7.05 Å². The Hall–Kier alpha value is -2.64. The predicted molar refractivity (Wildman–Crippen MR) is 114 cm³/mol. The van der Waals surface area contributed by atoms with Crippen molar-refractivity contribution < 1.29 is 5.73 Å². The Morgan fingerprint density at radius 1 is 1.17 bits per heavy atom. The van der Waals surface area contributed by atoms with Crippen molar-refractivity contribution in [2.24, 2.45) is 7.05 Å². The number of anilines is 1. The van der Waals surface area contributed by atoms with Crippen LogP contribution in [0.1, 0.15) is 25.7 Å². The molecule has 0 amide bonds. The number of aromatic amines is 1. The van der Waals surface area contributed by atoms with Gasteiger partial charge in [-0.2, -0.15) is 5.10 Å². The Morgan fingerprint density at radius 2 is 1.97 bits per heavy atom. The van der Waals surface area contributed by atoms with Crippen LogP contribution in [0.5, 0.6) is 0 Å². The molecule has 1 unspecified atom stereocenters. The van der Waals surface area contributed by atoms with Crippen LogP contribution in [0, 0.1) is 0 Å². The highest BCUT2D eigenvalue weighted by molar-refractivity contribution is 6.38. The molecule has 2 aliphatic rings. The second kappa shape index (κ2) is 6.18. The van der Waals surface area contributed by atoms with Crippen LogP contribution in [0.25, 0.3) is 33.2 Å². The van der Waals surface area contributed by atoms with Gasteiger partial charge in [0.25, 0.3) is 0 Å². The second-order valence-corrected chi connectivity index (χ2v) is 8.80. The third-order valence-corrected chi connectivity index (χ3v) is 6.90. The molecule has 6 rings (SSSR count). The normalized spacial score (nSPS) is 24.1. The van der Waals surface area contributed by atoms with Gasteiger partial charge in [0.1, 0.15) is 11.3 Å². The van der Waals surface area contributed by atoms with E-state index in [0.717, 1.165) is 51.9 Å². The highest BCUT2D eigenvalue weighted by atomic mass is 35.5. The Labute approximate surface area is 172 Å². The van der Waals surface area contributed by atoms with Crippen molar-refractivity contribution in [3.63, 3.8) is 0 Å². The molecule has 0 saturated carbocycles. The van der Waals surface area contributed by atoms with E-state index in [-0.39, 0.29) is 0 Å². The topological polar surface area (TPSA) is 90.3 Å². The van der Waals surface area contributed by atoms with Crippen LogP contribution in [-0.4, -0.2) is 42.9 Å². The fraction of sp³-hybridized carbons (Fsp3) is 0.381. The highest BCUT2D eigenvalue weighted by Gasteiger charge is 2.42. The fourth-order valence-electron chi connectivity index (χ4n) is 5.27. The van der Waals surface area contributed by atoms with Crippen molar-refractivity contribution in [3.05, 3.63) is 35.7 Å². The SMILES string of the molecule is Cn1cc2c(Cl)c(-c3c[nH]c4nc(N5[C@@H]6CC[C@H]5CC([NH3+])C6)cnc34)ccc2n1. The van der Waals surface area contributed by atoms with E-state index in [4.69, 9.17) is 21.6 Å². The first-order valence-corrected chi connectivity index (χ1v) is 10.5. The number of hydrogen-bond donors (Lipinski definition) is 2. The van der Waals surface area contributed by atoms with Gasteiger partial charge < -0.3 is 15.6 Å². The molecule has 2 saturated heterocycles. The second-order valence-electron chi connectivity index (χ2n) is 8.42.